The lowest BCUT2D eigenvalue weighted by atomic mass is 10.2. The Balaban J connectivity index is 2.49. The van der Waals surface area contributed by atoms with Crippen LogP contribution in [0.2, 0.25) is 0 Å². The monoisotopic (exact) mass is 246 g/mol. The van der Waals surface area contributed by atoms with Crippen molar-refractivity contribution in [1.82, 2.24) is 10.1 Å². The molecule has 0 saturated carbocycles. The van der Waals surface area contributed by atoms with Crippen LogP contribution in [0, 0.1) is 0 Å². The fourth-order valence-electron chi connectivity index (χ4n) is 1.03. The molecule has 1 aromatic rings. The van der Waals surface area contributed by atoms with E-state index in [0.29, 0.717) is 17.5 Å². The van der Waals surface area contributed by atoms with Gasteiger partial charge in [-0.3, -0.25) is 0 Å². The molecule has 0 fully saturated rings. The van der Waals surface area contributed by atoms with Gasteiger partial charge in [0.05, 0.1) is 18.0 Å². The van der Waals surface area contributed by atoms with E-state index in [4.69, 9.17) is 9.63 Å². The Kier molecular flexibility index (Phi) is 5.24. The van der Waals surface area contributed by atoms with Gasteiger partial charge >= 0.3 is 0 Å². The van der Waals surface area contributed by atoms with Gasteiger partial charge in [-0.15, -0.1) is 11.8 Å². The predicted molar refractivity (Wildman–Crippen MR) is 62.4 cm³/mol. The molecule has 1 rings (SSSR count). The van der Waals surface area contributed by atoms with Crippen LogP contribution < -0.4 is 0 Å². The summed E-state index contributed by atoms with van der Waals surface area (Å²) in [6.45, 7) is 5.72. The molecule has 0 aliphatic rings. The third kappa shape index (κ3) is 3.77. The number of hydrogen-bond donors (Lipinski definition) is 2. The van der Waals surface area contributed by atoms with E-state index >= 15 is 0 Å². The molecular formula is C10H18N2O3S. The van der Waals surface area contributed by atoms with Gasteiger partial charge < -0.3 is 14.7 Å². The van der Waals surface area contributed by atoms with E-state index in [1.54, 1.807) is 0 Å². The Morgan fingerprint density at radius 1 is 1.38 bits per heavy atom. The maximum absolute atomic E-state index is 9.21. The van der Waals surface area contributed by atoms with Crippen LogP contribution in [0.5, 0.6) is 0 Å². The third-order valence-electron chi connectivity index (χ3n) is 2.07. The quantitative estimate of drug-likeness (QED) is 0.788. The number of aliphatic hydroxyl groups is 2. The van der Waals surface area contributed by atoms with Crippen molar-refractivity contribution in [3.05, 3.63) is 11.7 Å². The summed E-state index contributed by atoms with van der Waals surface area (Å²) in [5.74, 6) is 1.97. The Morgan fingerprint density at radius 2 is 2.06 bits per heavy atom. The Hall–Kier alpha value is -0.590. The Morgan fingerprint density at radius 3 is 2.56 bits per heavy atom. The van der Waals surface area contributed by atoms with Gasteiger partial charge in [0.25, 0.3) is 0 Å². The van der Waals surface area contributed by atoms with Crippen LogP contribution in [0.15, 0.2) is 4.52 Å². The first kappa shape index (κ1) is 13.5. The zero-order valence-corrected chi connectivity index (χ0v) is 10.6. The maximum atomic E-state index is 9.21. The van der Waals surface area contributed by atoms with Crippen molar-refractivity contribution in [3.8, 4) is 0 Å². The zero-order valence-electron chi connectivity index (χ0n) is 9.75. The van der Waals surface area contributed by atoms with Crippen molar-refractivity contribution < 1.29 is 14.7 Å². The Bertz CT molecular complexity index is 317. The van der Waals surface area contributed by atoms with E-state index in [1.807, 2.05) is 20.8 Å². The third-order valence-corrected chi connectivity index (χ3v) is 3.35. The second-order valence-electron chi connectivity index (χ2n) is 3.96. The Labute approximate surface area is 99.2 Å². The molecule has 6 heteroatoms. The fraction of sp³-hybridized carbons (Fsp3) is 0.800. The summed E-state index contributed by atoms with van der Waals surface area (Å²) in [5.41, 5.74) is 0. The van der Waals surface area contributed by atoms with Gasteiger partial charge in [0.15, 0.2) is 5.82 Å². The van der Waals surface area contributed by atoms with Crippen LogP contribution in [-0.2, 0) is 0 Å². The van der Waals surface area contributed by atoms with Crippen molar-refractivity contribution >= 4 is 11.8 Å². The second kappa shape index (κ2) is 6.22. The molecule has 16 heavy (non-hydrogen) atoms. The summed E-state index contributed by atoms with van der Waals surface area (Å²) in [7, 11) is 0. The number of aliphatic hydroxyl groups excluding tert-OH is 2. The summed E-state index contributed by atoms with van der Waals surface area (Å²) < 4.78 is 5.13. The van der Waals surface area contributed by atoms with Crippen LogP contribution >= 0.6 is 11.8 Å². The molecule has 1 aromatic heterocycles. The van der Waals surface area contributed by atoms with Crippen LogP contribution in [0.4, 0.5) is 0 Å². The standard InChI is InChI=1S/C10H18N2O3S/c1-6(2)9-11-10(15-12-9)7(3)16-5-8(14)4-13/h6-8,13-14H,4-5H2,1-3H3/t7-,8+/m1/s1. The van der Waals surface area contributed by atoms with Gasteiger partial charge in [-0.25, -0.2) is 0 Å². The largest absolute Gasteiger partial charge is 0.394 e. The first-order valence-corrected chi connectivity index (χ1v) is 6.33. The van der Waals surface area contributed by atoms with Crippen molar-refractivity contribution in [2.45, 2.75) is 38.0 Å². The molecule has 0 aliphatic carbocycles. The number of hydrogen-bond acceptors (Lipinski definition) is 6. The molecule has 0 unspecified atom stereocenters. The van der Waals surface area contributed by atoms with Gasteiger partial charge in [-0.05, 0) is 6.92 Å². The molecule has 0 bridgehead atoms. The molecule has 0 saturated heterocycles. The molecule has 0 amide bonds. The summed E-state index contributed by atoms with van der Waals surface area (Å²) in [5, 5.41) is 21.8. The molecule has 0 spiro atoms. The highest BCUT2D eigenvalue weighted by Crippen LogP contribution is 2.28. The molecular weight excluding hydrogens is 228 g/mol. The average molecular weight is 246 g/mol. The van der Waals surface area contributed by atoms with E-state index in [9.17, 15) is 5.11 Å². The molecule has 1 heterocycles. The SMILES string of the molecule is CC(C)c1noc([C@@H](C)SC[C@@H](O)CO)n1. The number of aromatic nitrogens is 2. The van der Waals surface area contributed by atoms with E-state index in [0.717, 1.165) is 0 Å². The molecule has 2 N–H and O–H groups in total. The first-order valence-electron chi connectivity index (χ1n) is 5.28. The van der Waals surface area contributed by atoms with Crippen LogP contribution in [0.1, 0.15) is 43.7 Å². The minimum atomic E-state index is -0.694. The normalized spacial score (nSPS) is 15.4. The van der Waals surface area contributed by atoms with Crippen molar-refractivity contribution in [2.75, 3.05) is 12.4 Å². The van der Waals surface area contributed by atoms with Gasteiger partial charge in [0, 0.05) is 11.7 Å². The van der Waals surface area contributed by atoms with Crippen LogP contribution in [0.25, 0.3) is 0 Å². The minimum absolute atomic E-state index is 0.0289. The van der Waals surface area contributed by atoms with Gasteiger partial charge in [0.1, 0.15) is 0 Å². The van der Waals surface area contributed by atoms with Gasteiger partial charge in [0.2, 0.25) is 5.89 Å². The molecule has 0 radical (unpaired) electrons. The van der Waals surface area contributed by atoms with Crippen LogP contribution in [0.3, 0.4) is 0 Å². The summed E-state index contributed by atoms with van der Waals surface area (Å²) in [4.78, 5) is 4.27. The highest BCUT2D eigenvalue weighted by atomic mass is 32.2. The number of nitrogens with zero attached hydrogens (tertiary/aromatic N) is 2. The lowest BCUT2D eigenvalue weighted by Crippen LogP contribution is -2.15. The highest BCUT2D eigenvalue weighted by Gasteiger charge is 2.17. The lowest BCUT2D eigenvalue weighted by molar-refractivity contribution is 0.113. The molecule has 92 valence electrons. The fourth-order valence-corrected chi connectivity index (χ4v) is 1.88. The van der Waals surface area contributed by atoms with Crippen LogP contribution in [-0.4, -0.2) is 38.8 Å². The summed E-state index contributed by atoms with van der Waals surface area (Å²) in [6, 6.07) is 0. The minimum Gasteiger partial charge on any atom is -0.394 e. The summed E-state index contributed by atoms with van der Waals surface area (Å²) in [6.07, 6.45) is -0.694. The van der Waals surface area contributed by atoms with Crippen molar-refractivity contribution in [3.63, 3.8) is 0 Å². The molecule has 0 aliphatic heterocycles. The van der Waals surface area contributed by atoms with Gasteiger partial charge in [-0.2, -0.15) is 4.98 Å². The van der Waals surface area contributed by atoms with Gasteiger partial charge in [-0.1, -0.05) is 19.0 Å². The topological polar surface area (TPSA) is 79.4 Å². The molecule has 2 atom stereocenters. The lowest BCUT2D eigenvalue weighted by Gasteiger charge is -2.09. The number of rotatable bonds is 6. The van der Waals surface area contributed by atoms with E-state index in [2.05, 4.69) is 10.1 Å². The first-order chi connectivity index (χ1) is 7.54. The maximum Gasteiger partial charge on any atom is 0.239 e. The second-order valence-corrected chi connectivity index (χ2v) is 5.33. The van der Waals surface area contributed by atoms with Crippen molar-refractivity contribution in [2.24, 2.45) is 0 Å². The number of thioether (sulfide) groups is 1. The molecule has 5 nitrogen and oxygen atoms in total. The average Bonchev–Trinajstić information content (AvgIpc) is 2.74. The molecule has 0 aromatic carbocycles. The van der Waals surface area contributed by atoms with E-state index in [1.165, 1.54) is 11.8 Å². The predicted octanol–water partition coefficient (Wildman–Crippen LogP) is 1.34. The van der Waals surface area contributed by atoms with E-state index in [-0.39, 0.29) is 17.8 Å². The highest BCUT2D eigenvalue weighted by molar-refractivity contribution is 7.99. The van der Waals surface area contributed by atoms with Crippen molar-refractivity contribution in [1.29, 1.82) is 0 Å². The zero-order chi connectivity index (χ0) is 12.1. The smallest absolute Gasteiger partial charge is 0.239 e. The van der Waals surface area contributed by atoms with E-state index < -0.39 is 6.10 Å². The summed E-state index contributed by atoms with van der Waals surface area (Å²) >= 11 is 1.48.